The number of hydrogen-bond donors (Lipinski definition) is 2. The molecule has 1 atom stereocenters. The van der Waals surface area contributed by atoms with Crippen LogP contribution in [-0.2, 0) is 0 Å². The second-order valence-corrected chi connectivity index (χ2v) is 4.89. The highest BCUT2D eigenvalue weighted by atomic mass is 16.3. The highest BCUT2D eigenvalue weighted by Crippen LogP contribution is 2.26. The molecule has 0 aliphatic carbocycles. The lowest BCUT2D eigenvalue weighted by Crippen LogP contribution is -2.04. The Morgan fingerprint density at radius 3 is 2.57 bits per heavy atom. The Kier molecular flexibility index (Phi) is 3.09. The lowest BCUT2D eigenvalue weighted by Gasteiger charge is -2.11. The van der Waals surface area contributed by atoms with E-state index in [2.05, 4.69) is 11.1 Å². The normalized spacial score (nSPS) is 12.2. The van der Waals surface area contributed by atoms with Crippen molar-refractivity contribution in [2.45, 2.75) is 13.0 Å². The van der Waals surface area contributed by atoms with E-state index >= 15 is 0 Å². The minimum absolute atomic E-state index is 0.542. The predicted octanol–water partition coefficient (Wildman–Crippen LogP) is 2.53. The molecule has 0 amide bonds. The highest BCUT2D eigenvalue weighted by molar-refractivity contribution is 5.81. The molecule has 0 fully saturated rings. The number of nitrogen functional groups attached to an aromatic ring is 1. The summed E-state index contributed by atoms with van der Waals surface area (Å²) in [4.78, 5) is 4.46. The van der Waals surface area contributed by atoms with Gasteiger partial charge in [0, 0.05) is 11.4 Å². The lowest BCUT2D eigenvalue weighted by molar-refractivity contribution is 0.187. The van der Waals surface area contributed by atoms with Crippen LogP contribution < -0.4 is 5.73 Å². The molecule has 1 unspecified atom stereocenters. The summed E-state index contributed by atoms with van der Waals surface area (Å²) < 4.78 is 1.88. The smallest absolute Gasteiger partial charge is 0.143 e. The Labute approximate surface area is 121 Å². The van der Waals surface area contributed by atoms with Crippen molar-refractivity contribution >= 4 is 16.7 Å². The monoisotopic (exact) mass is 278 g/mol. The standard InChI is InChI=1S/C16H14N4O/c1-10(21)16-19-14-8-12(18)4-7-15(14)20(16)13-5-2-11(9-17)3-6-13/h2-8,10,21H,18H2,1H3. The molecule has 5 heteroatoms. The van der Waals surface area contributed by atoms with Crippen LogP contribution in [0.25, 0.3) is 16.7 Å². The number of hydrogen-bond acceptors (Lipinski definition) is 4. The molecule has 5 nitrogen and oxygen atoms in total. The summed E-state index contributed by atoms with van der Waals surface area (Å²) in [5.41, 5.74) is 9.45. The predicted molar refractivity (Wildman–Crippen MR) is 80.8 cm³/mol. The fraction of sp³-hybridized carbons (Fsp3) is 0.125. The molecule has 104 valence electrons. The number of anilines is 1. The number of aliphatic hydroxyl groups is 1. The zero-order valence-electron chi connectivity index (χ0n) is 11.5. The van der Waals surface area contributed by atoms with Gasteiger partial charge in [-0.05, 0) is 49.4 Å². The van der Waals surface area contributed by atoms with Crippen molar-refractivity contribution in [3.63, 3.8) is 0 Å². The van der Waals surface area contributed by atoms with Gasteiger partial charge in [0.2, 0.25) is 0 Å². The molecule has 1 aromatic heterocycles. The third kappa shape index (κ3) is 2.22. The fourth-order valence-electron chi connectivity index (χ4n) is 2.35. The second kappa shape index (κ2) is 4.93. The van der Waals surface area contributed by atoms with E-state index in [0.29, 0.717) is 17.1 Å². The third-order valence-corrected chi connectivity index (χ3v) is 3.33. The summed E-state index contributed by atoms with van der Waals surface area (Å²) in [6, 6.07) is 14.7. The van der Waals surface area contributed by atoms with Crippen molar-refractivity contribution in [2.24, 2.45) is 0 Å². The molecule has 3 rings (SSSR count). The number of aromatic nitrogens is 2. The van der Waals surface area contributed by atoms with E-state index in [1.807, 2.05) is 22.8 Å². The Morgan fingerprint density at radius 1 is 1.24 bits per heavy atom. The van der Waals surface area contributed by atoms with E-state index < -0.39 is 6.10 Å². The molecule has 0 saturated heterocycles. The number of benzene rings is 2. The molecule has 0 saturated carbocycles. The van der Waals surface area contributed by atoms with Gasteiger partial charge in [0.1, 0.15) is 11.9 Å². The number of imidazole rings is 1. The summed E-state index contributed by atoms with van der Waals surface area (Å²) in [6.45, 7) is 1.67. The van der Waals surface area contributed by atoms with Gasteiger partial charge in [-0.25, -0.2) is 4.98 Å². The van der Waals surface area contributed by atoms with Gasteiger partial charge < -0.3 is 10.8 Å². The lowest BCUT2D eigenvalue weighted by atomic mass is 10.2. The molecule has 0 bridgehead atoms. The SMILES string of the molecule is CC(O)c1nc2cc(N)ccc2n1-c1ccc(C#N)cc1. The number of nitriles is 1. The number of rotatable bonds is 2. The van der Waals surface area contributed by atoms with Crippen molar-refractivity contribution in [3.05, 3.63) is 53.9 Å². The van der Waals surface area contributed by atoms with Crippen LogP contribution in [-0.4, -0.2) is 14.7 Å². The van der Waals surface area contributed by atoms with Gasteiger partial charge in [-0.15, -0.1) is 0 Å². The van der Waals surface area contributed by atoms with Crippen LogP contribution in [0, 0.1) is 11.3 Å². The molecule has 21 heavy (non-hydrogen) atoms. The van der Waals surface area contributed by atoms with Gasteiger partial charge in [-0.2, -0.15) is 5.26 Å². The van der Waals surface area contributed by atoms with Gasteiger partial charge in [0.15, 0.2) is 0 Å². The van der Waals surface area contributed by atoms with Gasteiger partial charge in [-0.3, -0.25) is 4.57 Å². The first kappa shape index (κ1) is 13.2. The average molecular weight is 278 g/mol. The van der Waals surface area contributed by atoms with Crippen LogP contribution in [0.5, 0.6) is 0 Å². The van der Waals surface area contributed by atoms with Crippen LogP contribution in [0.3, 0.4) is 0 Å². The summed E-state index contributed by atoms with van der Waals surface area (Å²) in [5, 5.41) is 18.9. The topological polar surface area (TPSA) is 87.9 Å². The van der Waals surface area contributed by atoms with Crippen LogP contribution in [0.1, 0.15) is 24.4 Å². The van der Waals surface area contributed by atoms with Gasteiger partial charge >= 0.3 is 0 Å². The first-order valence-corrected chi connectivity index (χ1v) is 6.56. The third-order valence-electron chi connectivity index (χ3n) is 3.33. The largest absolute Gasteiger partial charge is 0.399 e. The first-order valence-electron chi connectivity index (χ1n) is 6.56. The maximum atomic E-state index is 9.97. The van der Waals surface area contributed by atoms with Crippen LogP contribution in [0.15, 0.2) is 42.5 Å². The molecule has 0 aliphatic rings. The summed E-state index contributed by atoms with van der Waals surface area (Å²) >= 11 is 0. The maximum absolute atomic E-state index is 9.97. The average Bonchev–Trinajstić information content (AvgIpc) is 2.86. The minimum Gasteiger partial charge on any atom is -0.399 e. The Hall–Kier alpha value is -2.84. The van der Waals surface area contributed by atoms with E-state index in [1.54, 1.807) is 31.2 Å². The summed E-state index contributed by atoms with van der Waals surface area (Å²) in [5.74, 6) is 0.542. The molecule has 3 aromatic rings. The highest BCUT2D eigenvalue weighted by Gasteiger charge is 2.16. The maximum Gasteiger partial charge on any atom is 0.143 e. The van der Waals surface area contributed by atoms with E-state index in [1.165, 1.54) is 0 Å². The zero-order valence-corrected chi connectivity index (χ0v) is 11.5. The Morgan fingerprint density at radius 2 is 1.95 bits per heavy atom. The molecular formula is C16H14N4O. The van der Waals surface area contributed by atoms with Crippen molar-refractivity contribution < 1.29 is 5.11 Å². The van der Waals surface area contributed by atoms with E-state index in [4.69, 9.17) is 11.0 Å². The van der Waals surface area contributed by atoms with Crippen LogP contribution >= 0.6 is 0 Å². The fourth-order valence-corrected chi connectivity index (χ4v) is 2.35. The van der Waals surface area contributed by atoms with E-state index in [9.17, 15) is 5.11 Å². The number of aliphatic hydroxyl groups excluding tert-OH is 1. The van der Waals surface area contributed by atoms with Crippen molar-refractivity contribution in [1.29, 1.82) is 5.26 Å². The first-order chi connectivity index (χ1) is 10.1. The van der Waals surface area contributed by atoms with Gasteiger partial charge in [0.05, 0.1) is 22.7 Å². The van der Waals surface area contributed by atoms with Crippen LogP contribution in [0.2, 0.25) is 0 Å². The van der Waals surface area contributed by atoms with Gasteiger partial charge in [-0.1, -0.05) is 0 Å². The van der Waals surface area contributed by atoms with Crippen molar-refractivity contribution in [2.75, 3.05) is 5.73 Å². The number of fused-ring (bicyclic) bond motifs is 1. The van der Waals surface area contributed by atoms with Crippen molar-refractivity contribution in [1.82, 2.24) is 9.55 Å². The van der Waals surface area contributed by atoms with Crippen LogP contribution in [0.4, 0.5) is 5.69 Å². The molecule has 3 N–H and O–H groups in total. The summed E-state index contributed by atoms with van der Waals surface area (Å²) in [7, 11) is 0. The van der Waals surface area contributed by atoms with Crippen molar-refractivity contribution in [3.8, 4) is 11.8 Å². The molecule has 2 aromatic carbocycles. The molecule has 0 spiro atoms. The Bertz CT molecular complexity index is 841. The molecular weight excluding hydrogens is 264 g/mol. The number of nitrogens with two attached hydrogens (primary N) is 1. The van der Waals surface area contributed by atoms with Gasteiger partial charge in [0.25, 0.3) is 0 Å². The minimum atomic E-state index is -0.714. The summed E-state index contributed by atoms with van der Waals surface area (Å²) in [6.07, 6.45) is -0.714. The zero-order chi connectivity index (χ0) is 15.0. The second-order valence-electron chi connectivity index (χ2n) is 4.89. The molecule has 1 heterocycles. The molecule has 0 aliphatic heterocycles. The molecule has 0 radical (unpaired) electrons. The van der Waals surface area contributed by atoms with E-state index in [-0.39, 0.29) is 0 Å². The number of nitrogens with zero attached hydrogens (tertiary/aromatic N) is 3. The quantitative estimate of drug-likeness (QED) is 0.705. The van der Waals surface area contributed by atoms with E-state index in [0.717, 1.165) is 16.7 Å². The Balaban J connectivity index is 2.28.